The van der Waals surface area contributed by atoms with Crippen molar-refractivity contribution >= 4 is 17.2 Å². The Morgan fingerprint density at radius 2 is 2.15 bits per heavy atom. The molecule has 6 heteroatoms. The Hall–Kier alpha value is -1.66. The zero-order valence-corrected chi connectivity index (χ0v) is 12.3. The van der Waals surface area contributed by atoms with Gasteiger partial charge in [-0.3, -0.25) is 4.79 Å². The highest BCUT2D eigenvalue weighted by Crippen LogP contribution is 2.22. The second-order valence-corrected chi connectivity index (χ2v) is 5.99. The van der Waals surface area contributed by atoms with Crippen LogP contribution in [-0.2, 0) is 11.3 Å². The van der Waals surface area contributed by atoms with Gasteiger partial charge in [0.1, 0.15) is 12.4 Å². The van der Waals surface area contributed by atoms with E-state index in [1.165, 1.54) is 0 Å². The summed E-state index contributed by atoms with van der Waals surface area (Å²) in [6.45, 7) is 3.91. The van der Waals surface area contributed by atoms with Crippen molar-refractivity contribution in [2.75, 3.05) is 33.2 Å². The molecule has 1 aliphatic rings. The predicted molar refractivity (Wildman–Crippen MR) is 79.6 cm³/mol. The summed E-state index contributed by atoms with van der Waals surface area (Å²) >= 11 is 1.64. The number of piperazine rings is 1. The third-order valence-electron chi connectivity index (χ3n) is 3.62. The van der Waals surface area contributed by atoms with Crippen molar-refractivity contribution in [2.45, 2.75) is 6.54 Å². The number of thiophene rings is 1. The van der Waals surface area contributed by atoms with Crippen LogP contribution in [0.1, 0.15) is 0 Å². The summed E-state index contributed by atoms with van der Waals surface area (Å²) in [5.41, 5.74) is 0. The van der Waals surface area contributed by atoms with Gasteiger partial charge < -0.3 is 14.4 Å². The van der Waals surface area contributed by atoms with E-state index in [9.17, 15) is 4.79 Å². The van der Waals surface area contributed by atoms with Gasteiger partial charge in [-0.2, -0.15) is 0 Å². The molecule has 1 saturated heterocycles. The minimum absolute atomic E-state index is 0.175. The molecular formula is C14H18N4OS. The van der Waals surface area contributed by atoms with Crippen LogP contribution < -0.4 is 0 Å². The predicted octanol–water partition coefficient (Wildman–Crippen LogP) is 1.39. The van der Waals surface area contributed by atoms with Gasteiger partial charge in [-0.25, -0.2) is 4.98 Å². The summed E-state index contributed by atoms with van der Waals surface area (Å²) in [6.07, 6.45) is 3.63. The molecule has 5 nitrogen and oxygen atoms in total. The molecule has 0 atom stereocenters. The first kappa shape index (κ1) is 13.3. The molecule has 2 aromatic rings. The highest BCUT2D eigenvalue weighted by molar-refractivity contribution is 7.13. The second kappa shape index (κ2) is 5.76. The topological polar surface area (TPSA) is 41.4 Å². The van der Waals surface area contributed by atoms with Gasteiger partial charge >= 0.3 is 0 Å². The van der Waals surface area contributed by atoms with E-state index in [-0.39, 0.29) is 5.91 Å². The molecule has 3 heterocycles. The molecule has 1 aliphatic heterocycles. The maximum Gasteiger partial charge on any atom is 0.242 e. The number of imidazole rings is 1. The molecule has 0 radical (unpaired) electrons. The molecule has 0 N–H and O–H groups in total. The fraction of sp³-hybridized carbons (Fsp3) is 0.429. The van der Waals surface area contributed by atoms with Crippen molar-refractivity contribution in [1.29, 1.82) is 0 Å². The van der Waals surface area contributed by atoms with Gasteiger partial charge in [0.25, 0.3) is 0 Å². The van der Waals surface area contributed by atoms with E-state index in [0.717, 1.165) is 36.9 Å². The standard InChI is InChI=1S/C14H18N4OS/c1-16-6-8-17(9-7-16)13(19)11-18-5-4-15-14(18)12-3-2-10-20-12/h2-5,10H,6-9,11H2,1H3. The third-order valence-corrected chi connectivity index (χ3v) is 4.48. The average molecular weight is 290 g/mol. The van der Waals surface area contributed by atoms with Crippen molar-refractivity contribution in [1.82, 2.24) is 19.4 Å². The molecule has 0 saturated carbocycles. The second-order valence-electron chi connectivity index (χ2n) is 5.04. The summed E-state index contributed by atoms with van der Waals surface area (Å²) in [5, 5.41) is 2.02. The number of amides is 1. The number of nitrogens with zero attached hydrogens (tertiary/aromatic N) is 4. The largest absolute Gasteiger partial charge is 0.339 e. The molecule has 0 aliphatic carbocycles. The number of carbonyl (C=O) groups excluding carboxylic acids is 1. The molecule has 0 unspecified atom stereocenters. The monoisotopic (exact) mass is 290 g/mol. The normalized spacial score (nSPS) is 16.6. The maximum atomic E-state index is 12.4. The summed E-state index contributed by atoms with van der Waals surface area (Å²) < 4.78 is 1.94. The molecule has 1 fully saturated rings. The third kappa shape index (κ3) is 2.76. The van der Waals surface area contributed by atoms with Gasteiger partial charge in [-0.15, -0.1) is 11.3 Å². The number of carbonyl (C=O) groups is 1. The Bertz CT molecular complexity index is 570. The molecule has 1 amide bonds. The van der Waals surface area contributed by atoms with Crippen LogP contribution in [0.25, 0.3) is 10.7 Å². The lowest BCUT2D eigenvalue weighted by Crippen LogP contribution is -2.48. The van der Waals surface area contributed by atoms with E-state index in [1.807, 2.05) is 33.2 Å². The van der Waals surface area contributed by atoms with Crippen molar-refractivity contribution in [3.8, 4) is 10.7 Å². The Balaban J connectivity index is 1.69. The summed E-state index contributed by atoms with van der Waals surface area (Å²) in [6, 6.07) is 4.03. The first-order chi connectivity index (χ1) is 9.74. The average Bonchev–Trinajstić information content (AvgIpc) is 3.09. The Labute approximate surface area is 122 Å². The van der Waals surface area contributed by atoms with Crippen molar-refractivity contribution in [2.24, 2.45) is 0 Å². The lowest BCUT2D eigenvalue weighted by molar-refractivity contribution is -0.133. The van der Waals surface area contributed by atoms with E-state index in [0.29, 0.717) is 6.54 Å². The Kier molecular flexibility index (Phi) is 3.84. The lowest BCUT2D eigenvalue weighted by atomic mass is 10.3. The van der Waals surface area contributed by atoms with Crippen LogP contribution in [0.2, 0.25) is 0 Å². The summed E-state index contributed by atoms with van der Waals surface area (Å²) in [7, 11) is 2.09. The molecule has 0 spiro atoms. The van der Waals surface area contributed by atoms with Gasteiger partial charge in [0.05, 0.1) is 4.88 Å². The molecular weight excluding hydrogens is 272 g/mol. The van der Waals surface area contributed by atoms with Crippen LogP contribution in [0, 0.1) is 0 Å². The number of likely N-dealkylation sites (N-methyl/N-ethyl adjacent to an activating group) is 1. The van der Waals surface area contributed by atoms with Gasteiger partial charge in [-0.1, -0.05) is 6.07 Å². The molecule has 20 heavy (non-hydrogen) atoms. The first-order valence-electron chi connectivity index (χ1n) is 6.75. The van der Waals surface area contributed by atoms with Gasteiger partial charge in [0.15, 0.2) is 0 Å². The maximum absolute atomic E-state index is 12.4. The fourth-order valence-electron chi connectivity index (χ4n) is 2.37. The van der Waals surface area contributed by atoms with E-state index in [1.54, 1.807) is 17.5 Å². The van der Waals surface area contributed by atoms with Gasteiger partial charge in [-0.05, 0) is 18.5 Å². The van der Waals surface area contributed by atoms with Crippen LogP contribution in [0.5, 0.6) is 0 Å². The molecule has 106 valence electrons. The number of hydrogen-bond acceptors (Lipinski definition) is 4. The fourth-order valence-corrected chi connectivity index (χ4v) is 3.11. The molecule has 3 rings (SSSR count). The zero-order chi connectivity index (χ0) is 13.9. The lowest BCUT2D eigenvalue weighted by Gasteiger charge is -2.32. The Morgan fingerprint density at radius 1 is 1.35 bits per heavy atom. The molecule has 0 bridgehead atoms. The van der Waals surface area contributed by atoms with Gasteiger partial charge in [0.2, 0.25) is 5.91 Å². The van der Waals surface area contributed by atoms with Crippen LogP contribution in [-0.4, -0.2) is 58.5 Å². The number of rotatable bonds is 3. The minimum Gasteiger partial charge on any atom is -0.339 e. The van der Waals surface area contributed by atoms with E-state index < -0.39 is 0 Å². The Morgan fingerprint density at radius 3 is 2.85 bits per heavy atom. The van der Waals surface area contributed by atoms with Crippen LogP contribution in [0.4, 0.5) is 0 Å². The number of hydrogen-bond donors (Lipinski definition) is 0. The molecule has 0 aromatic carbocycles. The quantitative estimate of drug-likeness (QED) is 0.858. The van der Waals surface area contributed by atoms with E-state index in [4.69, 9.17) is 0 Å². The van der Waals surface area contributed by atoms with Crippen molar-refractivity contribution in [3.05, 3.63) is 29.9 Å². The SMILES string of the molecule is CN1CCN(C(=O)Cn2ccnc2-c2cccs2)CC1. The minimum atomic E-state index is 0.175. The van der Waals surface area contributed by atoms with Crippen LogP contribution in [0.3, 0.4) is 0 Å². The summed E-state index contributed by atoms with van der Waals surface area (Å²) in [4.78, 5) is 22.0. The van der Waals surface area contributed by atoms with Crippen molar-refractivity contribution < 1.29 is 4.79 Å². The first-order valence-corrected chi connectivity index (χ1v) is 7.63. The van der Waals surface area contributed by atoms with Crippen LogP contribution >= 0.6 is 11.3 Å². The van der Waals surface area contributed by atoms with Gasteiger partial charge in [0, 0.05) is 38.6 Å². The number of aromatic nitrogens is 2. The smallest absolute Gasteiger partial charge is 0.242 e. The van der Waals surface area contributed by atoms with E-state index >= 15 is 0 Å². The van der Waals surface area contributed by atoms with Crippen molar-refractivity contribution in [3.63, 3.8) is 0 Å². The molecule has 2 aromatic heterocycles. The zero-order valence-electron chi connectivity index (χ0n) is 11.5. The highest BCUT2D eigenvalue weighted by Gasteiger charge is 2.20. The van der Waals surface area contributed by atoms with Crippen LogP contribution in [0.15, 0.2) is 29.9 Å². The summed E-state index contributed by atoms with van der Waals surface area (Å²) in [5.74, 6) is 1.05. The highest BCUT2D eigenvalue weighted by atomic mass is 32.1. The van der Waals surface area contributed by atoms with E-state index in [2.05, 4.69) is 16.9 Å².